The fourth-order valence-corrected chi connectivity index (χ4v) is 1.73. The molecule has 0 heterocycles. The minimum Gasteiger partial charge on any atom is -0.427 e. The van der Waals surface area contributed by atoms with Crippen molar-refractivity contribution >= 4 is 8.60 Å². The van der Waals surface area contributed by atoms with E-state index in [2.05, 4.69) is 0 Å². The molecule has 1 aromatic rings. The molecule has 0 atom stereocenters. The van der Waals surface area contributed by atoms with E-state index >= 15 is 0 Å². The zero-order valence-corrected chi connectivity index (χ0v) is 7.29. The van der Waals surface area contributed by atoms with Crippen molar-refractivity contribution in [1.29, 1.82) is 0 Å². The highest BCUT2D eigenvalue weighted by Crippen LogP contribution is 2.37. The number of aryl methyl sites for hydroxylation is 1. The summed E-state index contributed by atoms with van der Waals surface area (Å²) in [5, 5.41) is 0. The summed E-state index contributed by atoms with van der Waals surface area (Å²) < 4.78 is 4.85. The third-order valence-corrected chi connectivity index (χ3v) is 2.41. The number of hydrogen-bond acceptors (Lipinski definition) is 3. The fourth-order valence-electron chi connectivity index (χ4n) is 1.39. The topological polar surface area (TPSA) is 49.7 Å². The summed E-state index contributed by atoms with van der Waals surface area (Å²) in [5.41, 5.74) is 2.37. The summed E-state index contributed by atoms with van der Waals surface area (Å²) in [4.78, 5) is 17.3. The molecule has 0 aromatic heterocycles. The molecule has 0 radical (unpaired) electrons. The first-order chi connectivity index (χ1) is 5.77. The van der Waals surface area contributed by atoms with Gasteiger partial charge in [0.25, 0.3) is 0 Å². The summed E-state index contributed by atoms with van der Waals surface area (Å²) in [6.07, 6.45) is 2.05. The molecular weight excluding hydrogens is 175 g/mol. The average Bonchev–Trinajstić information content (AvgIpc) is 1.91. The van der Waals surface area contributed by atoms with Crippen molar-refractivity contribution in [3.05, 3.63) is 29.3 Å². The highest BCUT2D eigenvalue weighted by molar-refractivity contribution is 7.39. The van der Waals surface area contributed by atoms with Gasteiger partial charge >= 0.3 is 8.60 Å². The van der Waals surface area contributed by atoms with Crippen LogP contribution < -0.4 is 4.52 Å². The molecule has 2 rings (SSSR count). The van der Waals surface area contributed by atoms with Gasteiger partial charge in [0, 0.05) is 0 Å². The van der Waals surface area contributed by atoms with Crippen molar-refractivity contribution in [2.75, 3.05) is 0 Å². The van der Waals surface area contributed by atoms with Gasteiger partial charge in [0.15, 0.2) is 0 Å². The van der Waals surface area contributed by atoms with Crippen LogP contribution in [-0.2, 0) is 12.8 Å². The van der Waals surface area contributed by atoms with E-state index in [-0.39, 0.29) is 0 Å². The van der Waals surface area contributed by atoms with E-state index in [1.165, 1.54) is 5.56 Å². The lowest BCUT2D eigenvalue weighted by Crippen LogP contribution is -2.09. The van der Waals surface area contributed by atoms with Gasteiger partial charge in [0.05, 0.1) is 0 Å². The molecule has 1 aliphatic carbocycles. The molecular formula is C8H9O3P. The average molecular weight is 184 g/mol. The van der Waals surface area contributed by atoms with Crippen LogP contribution in [0.25, 0.3) is 0 Å². The number of rotatable bonds is 2. The molecule has 0 aliphatic heterocycles. The Morgan fingerprint density at radius 2 is 2.08 bits per heavy atom. The fraction of sp³-hybridized carbons (Fsp3) is 0.250. The Labute approximate surface area is 71.6 Å². The smallest absolute Gasteiger partial charge is 0.391 e. The minimum absolute atomic E-state index is 0.620. The lowest BCUT2D eigenvalue weighted by atomic mass is 9.88. The molecule has 1 aromatic carbocycles. The van der Waals surface area contributed by atoms with Crippen LogP contribution in [0, 0.1) is 0 Å². The maximum Gasteiger partial charge on any atom is 0.391 e. The van der Waals surface area contributed by atoms with Crippen LogP contribution in [0.3, 0.4) is 0 Å². The molecule has 4 heteroatoms. The molecule has 12 heavy (non-hydrogen) atoms. The van der Waals surface area contributed by atoms with Crippen molar-refractivity contribution in [3.63, 3.8) is 0 Å². The van der Waals surface area contributed by atoms with Gasteiger partial charge in [-0.1, -0.05) is 12.1 Å². The molecule has 0 amide bonds. The van der Waals surface area contributed by atoms with E-state index in [9.17, 15) is 0 Å². The van der Waals surface area contributed by atoms with E-state index in [0.29, 0.717) is 5.75 Å². The molecule has 1 aliphatic rings. The van der Waals surface area contributed by atoms with Crippen LogP contribution >= 0.6 is 8.60 Å². The van der Waals surface area contributed by atoms with E-state index in [4.69, 9.17) is 14.3 Å². The van der Waals surface area contributed by atoms with Crippen molar-refractivity contribution in [1.82, 2.24) is 0 Å². The maximum atomic E-state index is 8.64. The Bertz CT molecular complexity index is 298. The van der Waals surface area contributed by atoms with Gasteiger partial charge in [0.2, 0.25) is 0 Å². The third kappa shape index (κ3) is 1.31. The number of benzene rings is 1. The first-order valence-electron chi connectivity index (χ1n) is 3.74. The van der Waals surface area contributed by atoms with Gasteiger partial charge in [-0.3, -0.25) is 0 Å². The number of hydrogen-bond donors (Lipinski definition) is 2. The highest BCUT2D eigenvalue weighted by Gasteiger charge is 2.18. The second-order valence-corrected chi connectivity index (χ2v) is 3.43. The Morgan fingerprint density at radius 3 is 2.67 bits per heavy atom. The van der Waals surface area contributed by atoms with Crippen molar-refractivity contribution in [3.8, 4) is 5.75 Å². The zero-order chi connectivity index (χ0) is 8.55. The second-order valence-electron chi connectivity index (χ2n) is 2.74. The molecule has 0 saturated carbocycles. The summed E-state index contributed by atoms with van der Waals surface area (Å²) in [5.74, 6) is 0.620. The highest BCUT2D eigenvalue weighted by atomic mass is 31.2. The first kappa shape index (κ1) is 7.99. The van der Waals surface area contributed by atoms with Crippen LogP contribution in [0.5, 0.6) is 5.75 Å². The standard InChI is InChI=1S/C8H9O3P/c9-12(10)11-8-3-1-2-6-4-5-7(6)8/h1-3,9-10H,4-5H2. The summed E-state index contributed by atoms with van der Waals surface area (Å²) >= 11 is 0. The molecule has 3 nitrogen and oxygen atoms in total. The van der Waals surface area contributed by atoms with Gasteiger partial charge in [0.1, 0.15) is 5.75 Å². The van der Waals surface area contributed by atoms with Gasteiger partial charge in [-0.2, -0.15) is 0 Å². The van der Waals surface area contributed by atoms with Gasteiger partial charge in [-0.15, -0.1) is 0 Å². The summed E-state index contributed by atoms with van der Waals surface area (Å²) in [6.45, 7) is 0. The van der Waals surface area contributed by atoms with Crippen LogP contribution in [0.1, 0.15) is 11.1 Å². The summed E-state index contributed by atoms with van der Waals surface area (Å²) in [6, 6.07) is 5.66. The molecule has 0 saturated heterocycles. The number of fused-ring (bicyclic) bond motifs is 1. The lowest BCUT2D eigenvalue weighted by Gasteiger charge is -2.21. The maximum absolute atomic E-state index is 8.64. The quantitative estimate of drug-likeness (QED) is 0.682. The van der Waals surface area contributed by atoms with Gasteiger partial charge < -0.3 is 14.3 Å². The Hall–Kier alpha value is -0.630. The van der Waals surface area contributed by atoms with Crippen LogP contribution in [0.15, 0.2) is 18.2 Å². The van der Waals surface area contributed by atoms with E-state index in [1.54, 1.807) is 6.07 Å². The van der Waals surface area contributed by atoms with E-state index < -0.39 is 8.60 Å². The molecule has 64 valence electrons. The summed E-state index contributed by atoms with van der Waals surface area (Å²) in [7, 11) is -2.27. The normalized spacial score (nSPS) is 13.9. The first-order valence-corrected chi connectivity index (χ1v) is 4.90. The Morgan fingerprint density at radius 1 is 1.25 bits per heavy atom. The largest absolute Gasteiger partial charge is 0.427 e. The van der Waals surface area contributed by atoms with Crippen molar-refractivity contribution in [2.45, 2.75) is 12.8 Å². The Balaban J connectivity index is 2.26. The molecule has 0 unspecified atom stereocenters. The van der Waals surface area contributed by atoms with Crippen molar-refractivity contribution in [2.24, 2.45) is 0 Å². The lowest BCUT2D eigenvalue weighted by molar-refractivity contribution is 0.372. The predicted octanol–water partition coefficient (Wildman–Crippen LogP) is 1.38. The Kier molecular flexibility index (Phi) is 2.01. The molecule has 2 N–H and O–H groups in total. The van der Waals surface area contributed by atoms with Gasteiger partial charge in [-0.25, -0.2) is 0 Å². The SMILES string of the molecule is OP(O)Oc1cccc2c1CC2. The van der Waals surface area contributed by atoms with Crippen LogP contribution in [0.4, 0.5) is 0 Å². The monoisotopic (exact) mass is 184 g/mol. The predicted molar refractivity (Wildman–Crippen MR) is 45.8 cm³/mol. The molecule has 0 bridgehead atoms. The zero-order valence-electron chi connectivity index (χ0n) is 6.40. The van der Waals surface area contributed by atoms with E-state index in [1.807, 2.05) is 12.1 Å². The molecule has 0 spiro atoms. The van der Waals surface area contributed by atoms with E-state index in [0.717, 1.165) is 18.4 Å². The minimum atomic E-state index is -2.27. The van der Waals surface area contributed by atoms with Gasteiger partial charge in [-0.05, 0) is 30.0 Å². The second kappa shape index (κ2) is 3.02. The van der Waals surface area contributed by atoms with Crippen molar-refractivity contribution < 1.29 is 14.3 Å². The van der Waals surface area contributed by atoms with Crippen LogP contribution in [0.2, 0.25) is 0 Å². The third-order valence-electron chi connectivity index (χ3n) is 2.05. The van der Waals surface area contributed by atoms with Crippen LogP contribution in [-0.4, -0.2) is 9.79 Å². The molecule has 0 fully saturated rings.